The zero-order valence-corrected chi connectivity index (χ0v) is 11.0. The van der Waals surface area contributed by atoms with Crippen LogP contribution in [0.4, 0.5) is 4.79 Å². The van der Waals surface area contributed by atoms with E-state index in [2.05, 4.69) is 4.98 Å². The van der Waals surface area contributed by atoms with Crippen molar-refractivity contribution in [2.45, 2.75) is 13.5 Å². The lowest BCUT2D eigenvalue weighted by molar-refractivity contribution is 0.160. The van der Waals surface area contributed by atoms with Gasteiger partial charge in [0, 0.05) is 12.7 Å². The molecule has 0 saturated carbocycles. The van der Waals surface area contributed by atoms with Crippen molar-refractivity contribution in [1.29, 1.82) is 0 Å². The Kier molecular flexibility index (Phi) is 4.13. The highest BCUT2D eigenvalue weighted by Gasteiger charge is 2.12. The van der Waals surface area contributed by atoms with E-state index in [1.807, 2.05) is 43.3 Å². The van der Waals surface area contributed by atoms with Gasteiger partial charge in [0.25, 0.3) is 0 Å². The number of benzene rings is 1. The standard InChI is InChI=1S/C15H16N2O2/c1-12-7-6-8-13(16-12)11-17(2)15(18)19-14-9-4-3-5-10-14/h3-10H,11H2,1-2H3. The summed E-state index contributed by atoms with van der Waals surface area (Å²) in [4.78, 5) is 17.7. The molecule has 4 nitrogen and oxygen atoms in total. The minimum atomic E-state index is -0.394. The maximum atomic E-state index is 11.9. The van der Waals surface area contributed by atoms with E-state index in [-0.39, 0.29) is 0 Å². The van der Waals surface area contributed by atoms with Crippen LogP contribution in [0.25, 0.3) is 0 Å². The molecule has 2 aromatic rings. The van der Waals surface area contributed by atoms with Crippen LogP contribution >= 0.6 is 0 Å². The zero-order chi connectivity index (χ0) is 13.7. The molecule has 0 spiro atoms. The van der Waals surface area contributed by atoms with Crippen LogP contribution in [-0.4, -0.2) is 23.0 Å². The quantitative estimate of drug-likeness (QED) is 0.847. The molecule has 2 rings (SSSR count). The number of aryl methyl sites for hydroxylation is 1. The third-order valence-corrected chi connectivity index (χ3v) is 2.61. The van der Waals surface area contributed by atoms with Crippen LogP contribution in [0.15, 0.2) is 48.5 Å². The second kappa shape index (κ2) is 6.00. The van der Waals surface area contributed by atoms with E-state index in [1.165, 1.54) is 4.90 Å². The Balaban J connectivity index is 1.96. The molecule has 1 amide bonds. The van der Waals surface area contributed by atoms with E-state index in [1.54, 1.807) is 19.2 Å². The molecule has 0 atom stereocenters. The number of amides is 1. The van der Waals surface area contributed by atoms with Gasteiger partial charge in [0.05, 0.1) is 12.2 Å². The number of hydrogen-bond donors (Lipinski definition) is 0. The predicted octanol–water partition coefficient (Wildman–Crippen LogP) is 3.02. The Morgan fingerprint density at radius 1 is 1.16 bits per heavy atom. The van der Waals surface area contributed by atoms with Crippen molar-refractivity contribution in [2.75, 3.05) is 7.05 Å². The summed E-state index contributed by atoms with van der Waals surface area (Å²) in [5, 5.41) is 0. The average Bonchev–Trinajstić information content (AvgIpc) is 2.40. The first-order valence-corrected chi connectivity index (χ1v) is 6.05. The van der Waals surface area contributed by atoms with Crippen LogP contribution in [0.3, 0.4) is 0 Å². The Bertz CT molecular complexity index is 555. The topological polar surface area (TPSA) is 42.4 Å². The fraction of sp³-hybridized carbons (Fsp3) is 0.200. The molecule has 19 heavy (non-hydrogen) atoms. The summed E-state index contributed by atoms with van der Waals surface area (Å²) in [5.41, 5.74) is 1.77. The van der Waals surface area contributed by atoms with E-state index in [4.69, 9.17) is 4.74 Å². The summed E-state index contributed by atoms with van der Waals surface area (Å²) in [6.45, 7) is 2.35. The number of nitrogens with zero attached hydrogens (tertiary/aromatic N) is 2. The number of carbonyl (C=O) groups excluding carboxylic acids is 1. The molecule has 0 N–H and O–H groups in total. The van der Waals surface area contributed by atoms with Crippen LogP contribution in [0, 0.1) is 6.92 Å². The van der Waals surface area contributed by atoms with E-state index in [0.717, 1.165) is 11.4 Å². The van der Waals surface area contributed by atoms with Crippen molar-refractivity contribution in [3.05, 3.63) is 59.9 Å². The van der Waals surface area contributed by atoms with Crippen molar-refractivity contribution in [1.82, 2.24) is 9.88 Å². The van der Waals surface area contributed by atoms with Crippen molar-refractivity contribution in [2.24, 2.45) is 0 Å². The van der Waals surface area contributed by atoms with Crippen LogP contribution in [-0.2, 0) is 6.54 Å². The molecule has 0 fully saturated rings. The Morgan fingerprint density at radius 3 is 2.58 bits per heavy atom. The van der Waals surface area contributed by atoms with Crippen LogP contribution in [0.5, 0.6) is 5.75 Å². The first kappa shape index (κ1) is 13.1. The number of pyridine rings is 1. The fourth-order valence-electron chi connectivity index (χ4n) is 1.66. The molecule has 0 aliphatic rings. The van der Waals surface area contributed by atoms with Gasteiger partial charge in [0.1, 0.15) is 5.75 Å². The number of aromatic nitrogens is 1. The van der Waals surface area contributed by atoms with Crippen molar-refractivity contribution >= 4 is 6.09 Å². The largest absolute Gasteiger partial charge is 0.415 e. The summed E-state index contributed by atoms with van der Waals surface area (Å²) in [5.74, 6) is 0.538. The molecular weight excluding hydrogens is 240 g/mol. The van der Waals surface area contributed by atoms with Crippen molar-refractivity contribution < 1.29 is 9.53 Å². The summed E-state index contributed by atoms with van der Waals surface area (Å²) >= 11 is 0. The van der Waals surface area contributed by atoms with Gasteiger partial charge in [-0.25, -0.2) is 4.79 Å². The molecule has 4 heteroatoms. The molecule has 0 bridgehead atoms. The zero-order valence-electron chi connectivity index (χ0n) is 11.0. The lowest BCUT2D eigenvalue weighted by atomic mass is 10.3. The lowest BCUT2D eigenvalue weighted by Crippen LogP contribution is -2.29. The highest BCUT2D eigenvalue weighted by Crippen LogP contribution is 2.10. The Labute approximate surface area is 112 Å². The summed E-state index contributed by atoms with van der Waals surface area (Å²) < 4.78 is 5.24. The van der Waals surface area contributed by atoms with E-state index in [0.29, 0.717) is 12.3 Å². The van der Waals surface area contributed by atoms with Crippen molar-refractivity contribution in [3.8, 4) is 5.75 Å². The summed E-state index contributed by atoms with van der Waals surface area (Å²) in [6, 6.07) is 14.7. The molecule has 0 unspecified atom stereocenters. The third-order valence-electron chi connectivity index (χ3n) is 2.61. The van der Waals surface area contributed by atoms with Crippen LogP contribution in [0.1, 0.15) is 11.4 Å². The van der Waals surface area contributed by atoms with Gasteiger partial charge in [-0.3, -0.25) is 4.98 Å². The number of para-hydroxylation sites is 1. The lowest BCUT2D eigenvalue weighted by Gasteiger charge is -2.16. The molecule has 0 aliphatic heterocycles. The maximum absolute atomic E-state index is 11.9. The van der Waals surface area contributed by atoms with Gasteiger partial charge in [0.2, 0.25) is 0 Å². The van der Waals surface area contributed by atoms with Crippen LogP contribution in [0.2, 0.25) is 0 Å². The minimum absolute atomic E-state index is 0.394. The first-order valence-electron chi connectivity index (χ1n) is 6.05. The Morgan fingerprint density at radius 2 is 1.89 bits per heavy atom. The summed E-state index contributed by atoms with van der Waals surface area (Å²) in [6.07, 6.45) is -0.394. The van der Waals surface area contributed by atoms with Gasteiger partial charge in [0.15, 0.2) is 0 Å². The van der Waals surface area contributed by atoms with E-state index >= 15 is 0 Å². The average molecular weight is 256 g/mol. The third kappa shape index (κ3) is 3.81. The van der Waals surface area contributed by atoms with Gasteiger partial charge in [-0.1, -0.05) is 24.3 Å². The van der Waals surface area contributed by atoms with Gasteiger partial charge in [-0.2, -0.15) is 0 Å². The highest BCUT2D eigenvalue weighted by atomic mass is 16.6. The minimum Gasteiger partial charge on any atom is -0.410 e. The SMILES string of the molecule is Cc1cccc(CN(C)C(=O)Oc2ccccc2)n1. The van der Waals surface area contributed by atoms with Gasteiger partial charge < -0.3 is 9.64 Å². The number of hydrogen-bond acceptors (Lipinski definition) is 3. The van der Waals surface area contributed by atoms with Gasteiger partial charge in [-0.15, -0.1) is 0 Å². The molecule has 0 radical (unpaired) electrons. The van der Waals surface area contributed by atoms with Crippen molar-refractivity contribution in [3.63, 3.8) is 0 Å². The number of rotatable bonds is 3. The second-order valence-electron chi connectivity index (χ2n) is 4.31. The fourth-order valence-corrected chi connectivity index (χ4v) is 1.66. The second-order valence-corrected chi connectivity index (χ2v) is 4.31. The smallest absolute Gasteiger partial charge is 0.410 e. The maximum Gasteiger partial charge on any atom is 0.415 e. The Hall–Kier alpha value is -2.36. The molecule has 0 saturated heterocycles. The van der Waals surface area contributed by atoms with Gasteiger partial charge in [-0.05, 0) is 31.2 Å². The highest BCUT2D eigenvalue weighted by molar-refractivity contribution is 5.70. The van der Waals surface area contributed by atoms with Crippen LogP contribution < -0.4 is 4.74 Å². The molecule has 1 aromatic carbocycles. The summed E-state index contributed by atoms with van der Waals surface area (Å²) in [7, 11) is 1.69. The predicted molar refractivity (Wildman–Crippen MR) is 72.9 cm³/mol. The molecule has 1 heterocycles. The monoisotopic (exact) mass is 256 g/mol. The first-order chi connectivity index (χ1) is 9.15. The number of ether oxygens (including phenoxy) is 1. The molecule has 0 aliphatic carbocycles. The van der Waals surface area contributed by atoms with E-state index in [9.17, 15) is 4.79 Å². The normalized spacial score (nSPS) is 10.0. The van der Waals surface area contributed by atoms with E-state index < -0.39 is 6.09 Å². The van der Waals surface area contributed by atoms with Gasteiger partial charge >= 0.3 is 6.09 Å². The number of carbonyl (C=O) groups is 1. The molecule has 1 aromatic heterocycles. The molecule has 98 valence electrons. The molecular formula is C15H16N2O2.